The number of piperidine rings is 1. The van der Waals surface area contributed by atoms with Crippen LogP contribution in [-0.2, 0) is 0 Å². The SMILES string of the molecule is COc1ccc2[nH]c(C(=O)N3CCC(CC(C)(C)O)CC3)cc2n1. The largest absolute Gasteiger partial charge is 0.481 e. The Hall–Kier alpha value is -2.08. The molecule has 1 aliphatic rings. The lowest BCUT2D eigenvalue weighted by molar-refractivity contribution is 0.0357. The first-order valence-electron chi connectivity index (χ1n) is 8.41. The Morgan fingerprint density at radius 2 is 2.12 bits per heavy atom. The number of nitrogens with one attached hydrogen (secondary N) is 1. The molecule has 0 atom stereocenters. The number of hydrogen-bond acceptors (Lipinski definition) is 4. The van der Waals surface area contributed by atoms with E-state index in [0.29, 0.717) is 17.5 Å². The zero-order valence-electron chi connectivity index (χ0n) is 14.5. The third kappa shape index (κ3) is 3.70. The third-order valence-corrected chi connectivity index (χ3v) is 4.58. The van der Waals surface area contributed by atoms with Crippen LogP contribution in [0.1, 0.15) is 43.6 Å². The van der Waals surface area contributed by atoms with E-state index in [9.17, 15) is 9.90 Å². The number of ether oxygens (including phenoxy) is 1. The van der Waals surface area contributed by atoms with E-state index in [2.05, 4.69) is 9.97 Å². The highest BCUT2D eigenvalue weighted by Gasteiger charge is 2.28. The summed E-state index contributed by atoms with van der Waals surface area (Å²) < 4.78 is 5.12. The molecule has 0 aliphatic carbocycles. The van der Waals surface area contributed by atoms with Gasteiger partial charge in [0.2, 0.25) is 5.88 Å². The van der Waals surface area contributed by atoms with E-state index < -0.39 is 5.60 Å². The van der Waals surface area contributed by atoms with Gasteiger partial charge in [0, 0.05) is 19.2 Å². The molecule has 3 heterocycles. The topological polar surface area (TPSA) is 78.5 Å². The molecule has 0 bridgehead atoms. The van der Waals surface area contributed by atoms with Gasteiger partial charge in [-0.15, -0.1) is 0 Å². The van der Waals surface area contributed by atoms with Crippen molar-refractivity contribution in [3.63, 3.8) is 0 Å². The van der Waals surface area contributed by atoms with Gasteiger partial charge in [-0.3, -0.25) is 4.79 Å². The number of aromatic amines is 1. The number of aliphatic hydroxyl groups is 1. The van der Waals surface area contributed by atoms with Crippen molar-refractivity contribution in [3.8, 4) is 5.88 Å². The lowest BCUT2D eigenvalue weighted by atomic mass is 9.86. The number of nitrogens with zero attached hydrogens (tertiary/aromatic N) is 2. The number of carbonyl (C=O) groups is 1. The molecular weight excluding hydrogens is 306 g/mol. The number of carbonyl (C=O) groups excluding carboxylic acids is 1. The molecule has 6 heteroatoms. The number of H-pyrrole nitrogens is 1. The number of likely N-dealkylation sites (tertiary alicyclic amines) is 1. The first-order chi connectivity index (χ1) is 11.4. The molecule has 3 rings (SSSR count). The van der Waals surface area contributed by atoms with Crippen LogP contribution in [0.4, 0.5) is 0 Å². The van der Waals surface area contributed by atoms with Crippen LogP contribution in [-0.4, -0.2) is 51.7 Å². The number of rotatable bonds is 4. The van der Waals surface area contributed by atoms with Gasteiger partial charge in [-0.2, -0.15) is 0 Å². The monoisotopic (exact) mass is 331 g/mol. The smallest absolute Gasteiger partial charge is 0.270 e. The number of fused-ring (bicyclic) bond motifs is 1. The molecule has 0 aromatic carbocycles. The van der Waals surface area contributed by atoms with Gasteiger partial charge in [0.25, 0.3) is 5.91 Å². The van der Waals surface area contributed by atoms with E-state index in [1.165, 1.54) is 0 Å². The first kappa shape index (κ1) is 16.8. The van der Waals surface area contributed by atoms with E-state index in [1.54, 1.807) is 19.2 Å². The average Bonchev–Trinajstić information content (AvgIpc) is 2.96. The fraction of sp³-hybridized carbons (Fsp3) is 0.556. The number of methoxy groups -OCH3 is 1. The van der Waals surface area contributed by atoms with E-state index in [4.69, 9.17) is 4.74 Å². The first-order valence-corrected chi connectivity index (χ1v) is 8.41. The maximum Gasteiger partial charge on any atom is 0.270 e. The van der Waals surface area contributed by atoms with E-state index in [-0.39, 0.29) is 5.91 Å². The number of aromatic nitrogens is 2. The molecule has 1 aliphatic heterocycles. The summed E-state index contributed by atoms with van der Waals surface area (Å²) in [5, 5.41) is 9.94. The molecule has 1 saturated heterocycles. The Balaban J connectivity index is 1.67. The summed E-state index contributed by atoms with van der Waals surface area (Å²) in [6.45, 7) is 5.14. The van der Waals surface area contributed by atoms with Crippen LogP contribution in [0.3, 0.4) is 0 Å². The van der Waals surface area contributed by atoms with E-state index in [0.717, 1.165) is 43.4 Å². The Morgan fingerprint density at radius 3 is 2.75 bits per heavy atom. The van der Waals surface area contributed by atoms with Gasteiger partial charge in [0.1, 0.15) is 5.69 Å². The molecule has 2 aromatic heterocycles. The second kappa shape index (κ2) is 6.43. The Labute approximate surface area is 141 Å². The average molecular weight is 331 g/mol. The Kier molecular flexibility index (Phi) is 4.49. The van der Waals surface area contributed by atoms with Gasteiger partial charge in [0.15, 0.2) is 0 Å². The van der Waals surface area contributed by atoms with Crippen molar-refractivity contribution in [2.75, 3.05) is 20.2 Å². The summed E-state index contributed by atoms with van der Waals surface area (Å²) in [5.74, 6) is 1.02. The Bertz CT molecular complexity index is 725. The van der Waals surface area contributed by atoms with Gasteiger partial charge in [-0.1, -0.05) is 0 Å². The van der Waals surface area contributed by atoms with Gasteiger partial charge in [-0.05, 0) is 51.2 Å². The highest BCUT2D eigenvalue weighted by Crippen LogP contribution is 2.27. The van der Waals surface area contributed by atoms with Gasteiger partial charge < -0.3 is 19.7 Å². The number of hydrogen-bond donors (Lipinski definition) is 2. The number of pyridine rings is 1. The van der Waals surface area contributed by atoms with Gasteiger partial charge in [0.05, 0.1) is 23.7 Å². The van der Waals surface area contributed by atoms with Crippen LogP contribution in [0.25, 0.3) is 11.0 Å². The van der Waals surface area contributed by atoms with Crippen molar-refractivity contribution in [2.24, 2.45) is 5.92 Å². The van der Waals surface area contributed by atoms with Crippen molar-refractivity contribution in [1.82, 2.24) is 14.9 Å². The normalized spacial score (nSPS) is 16.6. The van der Waals surface area contributed by atoms with Gasteiger partial charge >= 0.3 is 0 Å². The van der Waals surface area contributed by atoms with Crippen molar-refractivity contribution < 1.29 is 14.6 Å². The Morgan fingerprint density at radius 1 is 1.42 bits per heavy atom. The van der Waals surface area contributed by atoms with Gasteiger partial charge in [-0.25, -0.2) is 4.98 Å². The number of amides is 1. The molecule has 0 spiro atoms. The molecule has 0 unspecified atom stereocenters. The lowest BCUT2D eigenvalue weighted by Crippen LogP contribution is -2.40. The minimum Gasteiger partial charge on any atom is -0.481 e. The van der Waals surface area contributed by atoms with Crippen LogP contribution in [0.2, 0.25) is 0 Å². The molecule has 24 heavy (non-hydrogen) atoms. The molecule has 1 fully saturated rings. The molecule has 1 amide bonds. The molecule has 0 saturated carbocycles. The van der Waals surface area contributed by atoms with Crippen LogP contribution in [0, 0.1) is 5.92 Å². The highest BCUT2D eigenvalue weighted by atomic mass is 16.5. The zero-order valence-corrected chi connectivity index (χ0v) is 14.5. The minimum atomic E-state index is -0.640. The third-order valence-electron chi connectivity index (χ3n) is 4.58. The predicted molar refractivity (Wildman–Crippen MR) is 92.2 cm³/mol. The predicted octanol–water partition coefficient (Wildman–Crippen LogP) is 2.58. The van der Waals surface area contributed by atoms with Crippen LogP contribution in [0.15, 0.2) is 18.2 Å². The van der Waals surface area contributed by atoms with Crippen molar-refractivity contribution in [3.05, 3.63) is 23.9 Å². The van der Waals surface area contributed by atoms with Crippen LogP contribution in [0.5, 0.6) is 5.88 Å². The minimum absolute atomic E-state index is 0.00803. The van der Waals surface area contributed by atoms with E-state index >= 15 is 0 Å². The molecule has 130 valence electrons. The molecular formula is C18H25N3O3. The van der Waals surface area contributed by atoms with E-state index in [1.807, 2.05) is 24.8 Å². The summed E-state index contributed by atoms with van der Waals surface area (Å²) in [6, 6.07) is 5.42. The van der Waals surface area contributed by atoms with Crippen molar-refractivity contribution in [1.29, 1.82) is 0 Å². The highest BCUT2D eigenvalue weighted by molar-refractivity contribution is 5.97. The maximum atomic E-state index is 12.7. The molecule has 6 nitrogen and oxygen atoms in total. The molecule has 2 N–H and O–H groups in total. The fourth-order valence-corrected chi connectivity index (χ4v) is 3.44. The summed E-state index contributed by atoms with van der Waals surface area (Å²) in [5.41, 5.74) is 1.48. The quantitative estimate of drug-likeness (QED) is 0.902. The summed E-state index contributed by atoms with van der Waals surface area (Å²) in [7, 11) is 1.57. The van der Waals surface area contributed by atoms with Crippen LogP contribution < -0.4 is 4.74 Å². The maximum absolute atomic E-state index is 12.7. The second-order valence-corrected chi connectivity index (χ2v) is 7.22. The summed E-state index contributed by atoms with van der Waals surface area (Å²) in [4.78, 5) is 22.1. The molecule has 0 radical (unpaired) electrons. The van der Waals surface area contributed by atoms with Crippen LogP contribution >= 0.6 is 0 Å². The lowest BCUT2D eigenvalue weighted by Gasteiger charge is -2.34. The zero-order chi connectivity index (χ0) is 17.3. The standard InChI is InChI=1S/C18H25N3O3/c1-18(2,23)11-12-6-8-21(9-7-12)17(22)15-10-14-13(19-15)4-5-16(20-14)24-3/h4-5,10,12,19,23H,6-9,11H2,1-3H3. The van der Waals surface area contributed by atoms with Crippen molar-refractivity contribution in [2.45, 2.75) is 38.7 Å². The molecule has 2 aromatic rings. The summed E-state index contributed by atoms with van der Waals surface area (Å²) >= 11 is 0. The van der Waals surface area contributed by atoms with Crippen molar-refractivity contribution >= 4 is 16.9 Å². The second-order valence-electron chi connectivity index (χ2n) is 7.22. The fourth-order valence-electron chi connectivity index (χ4n) is 3.44. The summed E-state index contributed by atoms with van der Waals surface area (Å²) in [6.07, 6.45) is 2.65.